The van der Waals surface area contributed by atoms with E-state index in [2.05, 4.69) is 41.4 Å². The minimum absolute atomic E-state index is 0.0463. The molecular formula is C30H29N3O2. The number of hydrogen-bond acceptors (Lipinski definition) is 2. The Balaban J connectivity index is 1.32. The van der Waals surface area contributed by atoms with Gasteiger partial charge in [0.25, 0.3) is 0 Å². The lowest BCUT2D eigenvalue weighted by atomic mass is 9.86. The second kappa shape index (κ2) is 9.06. The van der Waals surface area contributed by atoms with Crippen molar-refractivity contribution in [2.75, 3.05) is 13.1 Å². The fourth-order valence-electron chi connectivity index (χ4n) is 5.79. The van der Waals surface area contributed by atoms with Crippen molar-refractivity contribution in [2.45, 2.75) is 37.8 Å². The van der Waals surface area contributed by atoms with Crippen molar-refractivity contribution in [3.05, 3.63) is 107 Å². The molecule has 1 fully saturated rings. The molecule has 0 aliphatic carbocycles. The molecule has 6 rings (SSSR count). The van der Waals surface area contributed by atoms with E-state index in [4.69, 9.17) is 0 Å². The van der Waals surface area contributed by atoms with Crippen LogP contribution in [0.5, 0.6) is 0 Å². The van der Waals surface area contributed by atoms with Crippen LogP contribution in [-0.4, -0.2) is 45.7 Å². The molecule has 5 nitrogen and oxygen atoms in total. The fraction of sp³-hybridized carbons (Fsp3) is 0.267. The molecule has 0 radical (unpaired) electrons. The molecule has 2 aliphatic rings. The van der Waals surface area contributed by atoms with Crippen molar-refractivity contribution >= 4 is 22.7 Å². The first-order chi connectivity index (χ1) is 17.2. The highest BCUT2D eigenvalue weighted by Gasteiger charge is 2.47. The maximum absolute atomic E-state index is 13.7. The second-order valence-electron chi connectivity index (χ2n) is 9.62. The summed E-state index contributed by atoms with van der Waals surface area (Å²) in [6, 6.07) is 28.2. The molecule has 2 aliphatic heterocycles. The van der Waals surface area contributed by atoms with E-state index < -0.39 is 6.04 Å². The smallest absolute Gasteiger partial charge is 0.246 e. The number of hydrogen-bond donors (Lipinski definition) is 1. The number of carbonyl (C=O) groups is 2. The Morgan fingerprint density at radius 3 is 2.20 bits per heavy atom. The third-order valence-corrected chi connectivity index (χ3v) is 7.52. The zero-order valence-electron chi connectivity index (χ0n) is 19.7. The van der Waals surface area contributed by atoms with Gasteiger partial charge in [-0.25, -0.2) is 0 Å². The third-order valence-electron chi connectivity index (χ3n) is 7.52. The van der Waals surface area contributed by atoms with Gasteiger partial charge < -0.3 is 14.8 Å². The molecule has 3 aromatic carbocycles. The lowest BCUT2D eigenvalue weighted by Gasteiger charge is -2.47. The average molecular weight is 464 g/mol. The van der Waals surface area contributed by atoms with Gasteiger partial charge >= 0.3 is 0 Å². The maximum Gasteiger partial charge on any atom is 0.246 e. The van der Waals surface area contributed by atoms with Crippen LogP contribution in [-0.2, 0) is 28.9 Å². The summed E-state index contributed by atoms with van der Waals surface area (Å²) in [5, 5.41) is 1.16. The Morgan fingerprint density at radius 1 is 0.800 bits per heavy atom. The SMILES string of the molecule is O=C1[C@@H]2Cc3c([nH]c4ccccc34)C(CCc3ccccc3)N2C(=O)CN1CCc1ccccc1. The minimum atomic E-state index is -0.445. The van der Waals surface area contributed by atoms with Gasteiger partial charge in [-0.15, -0.1) is 0 Å². The summed E-state index contributed by atoms with van der Waals surface area (Å²) in [5.41, 5.74) is 5.78. The van der Waals surface area contributed by atoms with Crippen LogP contribution in [0.2, 0.25) is 0 Å². The predicted molar refractivity (Wildman–Crippen MR) is 137 cm³/mol. The van der Waals surface area contributed by atoms with Gasteiger partial charge in [0.1, 0.15) is 6.04 Å². The zero-order chi connectivity index (χ0) is 23.8. The molecular weight excluding hydrogens is 434 g/mol. The Morgan fingerprint density at radius 2 is 1.46 bits per heavy atom. The molecule has 176 valence electrons. The summed E-state index contributed by atoms with van der Waals surface area (Å²) in [5.74, 6) is 0.117. The van der Waals surface area contributed by atoms with Crippen LogP contribution in [0.1, 0.15) is 34.8 Å². The summed E-state index contributed by atoms with van der Waals surface area (Å²) >= 11 is 0. The highest BCUT2D eigenvalue weighted by molar-refractivity contribution is 5.97. The van der Waals surface area contributed by atoms with Gasteiger partial charge in [-0.05, 0) is 42.0 Å². The number of benzene rings is 3. The van der Waals surface area contributed by atoms with Crippen molar-refractivity contribution in [1.82, 2.24) is 14.8 Å². The number of rotatable bonds is 6. The predicted octanol–water partition coefficient (Wildman–Crippen LogP) is 4.68. The molecule has 3 heterocycles. The Bertz CT molecular complexity index is 1360. The summed E-state index contributed by atoms with van der Waals surface area (Å²) in [4.78, 5) is 34.6. The van der Waals surface area contributed by atoms with Crippen LogP contribution in [0.25, 0.3) is 10.9 Å². The number of fused-ring (bicyclic) bond motifs is 4. The largest absolute Gasteiger partial charge is 0.356 e. The molecule has 1 N–H and O–H groups in total. The van der Waals surface area contributed by atoms with Gasteiger partial charge in [0.2, 0.25) is 11.8 Å². The van der Waals surface area contributed by atoms with Gasteiger partial charge in [-0.3, -0.25) is 9.59 Å². The molecule has 1 saturated heterocycles. The van der Waals surface area contributed by atoms with Crippen LogP contribution in [0.3, 0.4) is 0 Å². The fourth-order valence-corrected chi connectivity index (χ4v) is 5.79. The van der Waals surface area contributed by atoms with Crippen molar-refractivity contribution in [2.24, 2.45) is 0 Å². The summed E-state index contributed by atoms with van der Waals surface area (Å²) in [6.45, 7) is 0.716. The van der Waals surface area contributed by atoms with Gasteiger partial charge in [0, 0.05) is 29.6 Å². The molecule has 2 atom stereocenters. The summed E-state index contributed by atoms with van der Waals surface area (Å²) < 4.78 is 0. The standard InChI is InChI=1S/C30H29N3O2/c34-28-20-32(18-17-22-11-5-2-6-12-22)30(35)27-19-24-23-13-7-8-14-25(23)31-29(24)26(33(27)28)16-15-21-9-3-1-4-10-21/h1-14,26-27,31H,15-20H2/t26?,27-/m0/s1. The maximum atomic E-state index is 13.7. The van der Waals surface area contributed by atoms with Gasteiger partial charge in [0.05, 0.1) is 12.6 Å². The lowest BCUT2D eigenvalue weighted by molar-refractivity contribution is -0.159. The van der Waals surface area contributed by atoms with Crippen molar-refractivity contribution in [1.29, 1.82) is 0 Å². The number of nitrogens with zero attached hydrogens (tertiary/aromatic N) is 2. The molecule has 0 spiro atoms. The number of H-pyrrole nitrogens is 1. The van der Waals surface area contributed by atoms with Crippen LogP contribution >= 0.6 is 0 Å². The summed E-state index contributed by atoms with van der Waals surface area (Å²) in [6.07, 6.45) is 2.95. The monoisotopic (exact) mass is 463 g/mol. The number of aryl methyl sites for hydroxylation is 1. The molecule has 0 saturated carbocycles. The Kier molecular flexibility index (Phi) is 5.61. The number of nitrogens with one attached hydrogen (secondary N) is 1. The molecule has 4 aromatic rings. The lowest BCUT2D eigenvalue weighted by Crippen LogP contribution is -2.63. The first-order valence-electron chi connectivity index (χ1n) is 12.5. The van der Waals surface area contributed by atoms with E-state index >= 15 is 0 Å². The van der Waals surface area contributed by atoms with E-state index in [0.29, 0.717) is 13.0 Å². The van der Waals surface area contributed by atoms with E-state index in [1.807, 2.05) is 53.4 Å². The van der Waals surface area contributed by atoms with Gasteiger partial charge in [0.15, 0.2) is 0 Å². The van der Waals surface area contributed by atoms with Crippen LogP contribution < -0.4 is 0 Å². The average Bonchev–Trinajstić information content (AvgIpc) is 3.28. The topological polar surface area (TPSA) is 56.4 Å². The van der Waals surface area contributed by atoms with Gasteiger partial charge in [-0.2, -0.15) is 0 Å². The molecule has 1 aromatic heterocycles. The first kappa shape index (κ1) is 21.7. The molecule has 1 unspecified atom stereocenters. The summed E-state index contributed by atoms with van der Waals surface area (Å²) in [7, 11) is 0. The van der Waals surface area contributed by atoms with Crippen LogP contribution in [0.15, 0.2) is 84.9 Å². The molecule has 0 bridgehead atoms. The number of amides is 2. The normalized spacial score (nSPS) is 19.7. The van der Waals surface area contributed by atoms with Crippen LogP contribution in [0, 0.1) is 0 Å². The van der Waals surface area contributed by atoms with E-state index in [0.717, 1.165) is 35.9 Å². The number of aromatic nitrogens is 1. The molecule has 35 heavy (non-hydrogen) atoms. The molecule has 2 amide bonds. The highest BCUT2D eigenvalue weighted by atomic mass is 16.2. The van der Waals surface area contributed by atoms with Crippen molar-refractivity contribution in [3.63, 3.8) is 0 Å². The van der Waals surface area contributed by atoms with Crippen LogP contribution in [0.4, 0.5) is 0 Å². The molecule has 5 heteroatoms. The first-order valence-corrected chi connectivity index (χ1v) is 12.5. The Hall–Kier alpha value is -3.86. The van der Waals surface area contributed by atoms with E-state index in [1.54, 1.807) is 4.90 Å². The van der Waals surface area contributed by atoms with Gasteiger partial charge in [-0.1, -0.05) is 78.9 Å². The number of piperazine rings is 1. The van der Waals surface area contributed by atoms with E-state index in [1.165, 1.54) is 16.7 Å². The van der Waals surface area contributed by atoms with Crippen molar-refractivity contribution < 1.29 is 9.59 Å². The quantitative estimate of drug-likeness (QED) is 0.451. The Labute approximate surface area is 205 Å². The number of para-hydroxylation sites is 1. The van der Waals surface area contributed by atoms with E-state index in [9.17, 15) is 9.59 Å². The number of aromatic amines is 1. The minimum Gasteiger partial charge on any atom is -0.356 e. The van der Waals surface area contributed by atoms with E-state index in [-0.39, 0.29) is 24.4 Å². The zero-order valence-corrected chi connectivity index (χ0v) is 19.7. The second-order valence-corrected chi connectivity index (χ2v) is 9.62. The highest BCUT2D eigenvalue weighted by Crippen LogP contribution is 2.41. The third kappa shape index (κ3) is 4.01. The number of carbonyl (C=O) groups excluding carboxylic acids is 2. The van der Waals surface area contributed by atoms with Crippen molar-refractivity contribution in [3.8, 4) is 0 Å².